The van der Waals surface area contributed by atoms with Crippen LogP contribution < -0.4 is 5.32 Å². The minimum Gasteiger partial charge on any atom is -0.316 e. The van der Waals surface area contributed by atoms with Gasteiger partial charge >= 0.3 is 0 Å². The molecule has 0 radical (unpaired) electrons. The Bertz CT molecular complexity index is 128. The third-order valence-corrected chi connectivity index (χ3v) is 2.83. The number of hydrogen-bond donors (Lipinski definition) is 1. The van der Waals surface area contributed by atoms with E-state index < -0.39 is 0 Å². The predicted molar refractivity (Wildman–Crippen MR) is 45.5 cm³/mol. The molecule has 0 aliphatic carbocycles. The average Bonchev–Trinajstić information content (AvgIpc) is 2.07. The summed E-state index contributed by atoms with van der Waals surface area (Å²) in [6.45, 7) is 4.33. The van der Waals surface area contributed by atoms with Crippen LogP contribution >= 0.6 is 0 Å². The standard InChI is InChI=1S/C9H17NO/c1-2-9(5-7-11)4-3-6-10-8-9/h7,10H,2-6,8H2,1H3. The van der Waals surface area contributed by atoms with E-state index in [0.717, 1.165) is 32.2 Å². The Labute approximate surface area is 68.4 Å². The molecule has 1 atom stereocenters. The van der Waals surface area contributed by atoms with E-state index in [0.29, 0.717) is 5.41 Å². The zero-order chi connectivity index (χ0) is 8.16. The summed E-state index contributed by atoms with van der Waals surface area (Å²) in [5.41, 5.74) is 0.292. The molecule has 1 saturated heterocycles. The molecule has 0 aromatic heterocycles. The number of aldehydes is 1. The van der Waals surface area contributed by atoms with Crippen LogP contribution in [0.5, 0.6) is 0 Å². The minimum atomic E-state index is 0.292. The Hall–Kier alpha value is -0.370. The van der Waals surface area contributed by atoms with Crippen molar-refractivity contribution in [2.45, 2.75) is 32.6 Å². The second-order valence-electron chi connectivity index (χ2n) is 3.50. The third kappa shape index (κ3) is 2.03. The van der Waals surface area contributed by atoms with Crippen molar-refractivity contribution in [1.29, 1.82) is 0 Å². The summed E-state index contributed by atoms with van der Waals surface area (Å²) in [5.74, 6) is 0. The molecule has 2 nitrogen and oxygen atoms in total. The first-order valence-electron chi connectivity index (χ1n) is 4.47. The molecule has 1 unspecified atom stereocenters. The highest BCUT2D eigenvalue weighted by atomic mass is 16.1. The van der Waals surface area contributed by atoms with E-state index in [1.165, 1.54) is 12.8 Å². The van der Waals surface area contributed by atoms with Gasteiger partial charge in [-0.05, 0) is 31.2 Å². The zero-order valence-corrected chi connectivity index (χ0v) is 7.23. The van der Waals surface area contributed by atoms with Crippen LogP contribution in [0.2, 0.25) is 0 Å². The van der Waals surface area contributed by atoms with Gasteiger partial charge in [-0.15, -0.1) is 0 Å². The van der Waals surface area contributed by atoms with Crippen molar-refractivity contribution in [2.24, 2.45) is 5.41 Å². The number of carbonyl (C=O) groups is 1. The number of nitrogens with one attached hydrogen (secondary N) is 1. The molecule has 0 bridgehead atoms. The lowest BCUT2D eigenvalue weighted by Crippen LogP contribution is -2.39. The van der Waals surface area contributed by atoms with Gasteiger partial charge in [0, 0.05) is 13.0 Å². The highest BCUT2D eigenvalue weighted by Gasteiger charge is 2.29. The first kappa shape index (κ1) is 8.72. The number of hydrogen-bond acceptors (Lipinski definition) is 2. The van der Waals surface area contributed by atoms with Crippen LogP contribution in [0.3, 0.4) is 0 Å². The van der Waals surface area contributed by atoms with Gasteiger partial charge in [0.1, 0.15) is 6.29 Å². The van der Waals surface area contributed by atoms with Crippen LogP contribution in [-0.2, 0) is 4.79 Å². The van der Waals surface area contributed by atoms with Crippen molar-refractivity contribution in [3.05, 3.63) is 0 Å². The Morgan fingerprint density at radius 1 is 1.64 bits per heavy atom. The fourth-order valence-electron chi connectivity index (χ4n) is 1.83. The summed E-state index contributed by atoms with van der Waals surface area (Å²) in [4.78, 5) is 10.4. The van der Waals surface area contributed by atoms with Crippen LogP contribution in [-0.4, -0.2) is 19.4 Å². The third-order valence-electron chi connectivity index (χ3n) is 2.83. The van der Waals surface area contributed by atoms with Gasteiger partial charge in [-0.1, -0.05) is 6.92 Å². The van der Waals surface area contributed by atoms with E-state index in [9.17, 15) is 4.79 Å². The summed E-state index contributed by atoms with van der Waals surface area (Å²) < 4.78 is 0. The molecule has 2 heteroatoms. The van der Waals surface area contributed by atoms with Gasteiger partial charge in [-0.3, -0.25) is 0 Å². The second-order valence-corrected chi connectivity index (χ2v) is 3.50. The molecule has 1 fully saturated rings. The number of rotatable bonds is 3. The minimum absolute atomic E-state index is 0.292. The second kappa shape index (κ2) is 3.86. The molecule has 1 heterocycles. The van der Waals surface area contributed by atoms with Crippen molar-refractivity contribution in [3.8, 4) is 0 Å². The monoisotopic (exact) mass is 155 g/mol. The topological polar surface area (TPSA) is 29.1 Å². The summed E-state index contributed by atoms with van der Waals surface area (Å²) in [6, 6.07) is 0. The first-order chi connectivity index (χ1) is 5.33. The Morgan fingerprint density at radius 3 is 2.91 bits per heavy atom. The molecule has 1 N–H and O–H groups in total. The highest BCUT2D eigenvalue weighted by Crippen LogP contribution is 2.32. The van der Waals surface area contributed by atoms with Gasteiger partial charge in [-0.2, -0.15) is 0 Å². The zero-order valence-electron chi connectivity index (χ0n) is 7.23. The summed E-state index contributed by atoms with van der Waals surface area (Å²) in [6.07, 6.45) is 5.36. The fourth-order valence-corrected chi connectivity index (χ4v) is 1.83. The van der Waals surface area contributed by atoms with E-state index in [1.54, 1.807) is 0 Å². The predicted octanol–water partition coefficient (Wildman–Crippen LogP) is 1.36. The lowest BCUT2D eigenvalue weighted by atomic mass is 9.76. The van der Waals surface area contributed by atoms with Crippen molar-refractivity contribution in [3.63, 3.8) is 0 Å². The smallest absolute Gasteiger partial charge is 0.120 e. The van der Waals surface area contributed by atoms with Crippen molar-refractivity contribution < 1.29 is 4.79 Å². The Balaban J connectivity index is 2.49. The molecule has 1 rings (SSSR count). The molecule has 11 heavy (non-hydrogen) atoms. The quantitative estimate of drug-likeness (QED) is 0.623. The Kier molecular flexibility index (Phi) is 3.06. The average molecular weight is 155 g/mol. The van der Waals surface area contributed by atoms with E-state index in [1.807, 2.05) is 0 Å². The first-order valence-corrected chi connectivity index (χ1v) is 4.47. The molecule has 0 spiro atoms. The van der Waals surface area contributed by atoms with Crippen molar-refractivity contribution in [1.82, 2.24) is 5.32 Å². The number of piperidine rings is 1. The van der Waals surface area contributed by atoms with Gasteiger partial charge in [-0.25, -0.2) is 0 Å². The van der Waals surface area contributed by atoms with E-state index in [-0.39, 0.29) is 0 Å². The van der Waals surface area contributed by atoms with E-state index in [2.05, 4.69) is 12.2 Å². The van der Waals surface area contributed by atoms with Crippen LogP contribution in [0.15, 0.2) is 0 Å². The lowest BCUT2D eigenvalue weighted by molar-refractivity contribution is -0.110. The van der Waals surface area contributed by atoms with Gasteiger partial charge < -0.3 is 10.1 Å². The molecule has 64 valence electrons. The molecule has 0 amide bonds. The maximum Gasteiger partial charge on any atom is 0.120 e. The van der Waals surface area contributed by atoms with Gasteiger partial charge in [0.05, 0.1) is 0 Å². The summed E-state index contributed by atoms with van der Waals surface area (Å²) in [5, 5.41) is 3.35. The number of carbonyl (C=O) groups excluding carboxylic acids is 1. The fraction of sp³-hybridized carbons (Fsp3) is 0.889. The van der Waals surface area contributed by atoms with Crippen molar-refractivity contribution in [2.75, 3.05) is 13.1 Å². The molecular formula is C9H17NO. The molecule has 0 aromatic rings. The normalized spacial score (nSPS) is 31.7. The van der Waals surface area contributed by atoms with Crippen molar-refractivity contribution >= 4 is 6.29 Å². The van der Waals surface area contributed by atoms with E-state index in [4.69, 9.17) is 0 Å². The largest absolute Gasteiger partial charge is 0.316 e. The van der Waals surface area contributed by atoms with Crippen LogP contribution in [0.25, 0.3) is 0 Å². The summed E-state index contributed by atoms with van der Waals surface area (Å²) in [7, 11) is 0. The van der Waals surface area contributed by atoms with Gasteiger partial charge in [0.25, 0.3) is 0 Å². The van der Waals surface area contributed by atoms with E-state index >= 15 is 0 Å². The lowest BCUT2D eigenvalue weighted by Gasteiger charge is -2.35. The Morgan fingerprint density at radius 2 is 2.45 bits per heavy atom. The van der Waals surface area contributed by atoms with Crippen LogP contribution in [0.4, 0.5) is 0 Å². The highest BCUT2D eigenvalue weighted by molar-refractivity contribution is 5.50. The maximum absolute atomic E-state index is 10.4. The van der Waals surface area contributed by atoms with Crippen LogP contribution in [0.1, 0.15) is 32.6 Å². The summed E-state index contributed by atoms with van der Waals surface area (Å²) >= 11 is 0. The van der Waals surface area contributed by atoms with Gasteiger partial charge in [0.2, 0.25) is 0 Å². The molecule has 1 aliphatic rings. The van der Waals surface area contributed by atoms with Crippen LogP contribution in [0, 0.1) is 5.41 Å². The molecule has 0 saturated carbocycles. The molecular weight excluding hydrogens is 138 g/mol. The maximum atomic E-state index is 10.4. The SMILES string of the molecule is CCC1(CC=O)CCCNC1. The molecule has 1 aliphatic heterocycles. The van der Waals surface area contributed by atoms with Gasteiger partial charge in [0.15, 0.2) is 0 Å². The molecule has 0 aromatic carbocycles.